The number of allylic oxidation sites excluding steroid dienone is 1. The van der Waals surface area contributed by atoms with E-state index < -0.39 is 28.0 Å². The molecule has 3 aromatic rings. The van der Waals surface area contributed by atoms with Gasteiger partial charge in [-0.25, -0.2) is 9.59 Å². The van der Waals surface area contributed by atoms with E-state index in [1.807, 2.05) is 0 Å². The van der Waals surface area contributed by atoms with Crippen molar-refractivity contribution in [1.82, 2.24) is 0 Å². The number of fused-ring (bicyclic) bond motifs is 1. The number of methoxy groups -OCH3 is 2. The first kappa shape index (κ1) is 25.4. The first-order valence-electron chi connectivity index (χ1n) is 10.8. The molecule has 4 rings (SSSR count). The Morgan fingerprint density at radius 2 is 1.57 bits per heavy atom. The predicted molar refractivity (Wildman–Crippen MR) is 133 cm³/mol. The molecule has 1 atom stereocenters. The molecule has 0 spiro atoms. The summed E-state index contributed by atoms with van der Waals surface area (Å²) in [6.07, 6.45) is 0. The number of ether oxygens (including phenoxy) is 2. The van der Waals surface area contributed by atoms with E-state index in [1.165, 1.54) is 35.2 Å². The highest BCUT2D eigenvalue weighted by Crippen LogP contribution is 2.45. The van der Waals surface area contributed by atoms with Crippen LogP contribution in [0.5, 0.6) is 0 Å². The molecule has 3 N–H and O–H groups in total. The van der Waals surface area contributed by atoms with Gasteiger partial charge in [-0.1, -0.05) is 54.6 Å². The standard InChI is InChI=1S/C26H21N3O7S/c1-35-25(30)22-21(15-8-4-3-5-9-15)18(14-27)24(28)29(23(22)26(31)36-2)19-12-6-11-17-16(19)10-7-13-20(17)37(32,33)34/h3-13,21H,28H2,1-2H3,(H,32,33,34). The topological polar surface area (TPSA) is 160 Å². The van der Waals surface area contributed by atoms with Crippen LogP contribution in [0, 0.1) is 11.3 Å². The Balaban J connectivity index is 2.15. The number of rotatable bonds is 5. The summed E-state index contributed by atoms with van der Waals surface area (Å²) in [6, 6.07) is 19.2. The van der Waals surface area contributed by atoms with Crippen molar-refractivity contribution in [1.29, 1.82) is 5.26 Å². The van der Waals surface area contributed by atoms with Crippen molar-refractivity contribution in [3.63, 3.8) is 0 Å². The fourth-order valence-corrected chi connectivity index (χ4v) is 5.15. The molecule has 0 aliphatic carbocycles. The van der Waals surface area contributed by atoms with E-state index in [1.54, 1.807) is 36.4 Å². The third-order valence-electron chi connectivity index (χ3n) is 5.99. The third-order valence-corrected chi connectivity index (χ3v) is 6.90. The van der Waals surface area contributed by atoms with Gasteiger partial charge in [-0.3, -0.25) is 9.45 Å². The largest absolute Gasteiger partial charge is 0.466 e. The van der Waals surface area contributed by atoms with E-state index >= 15 is 0 Å². The van der Waals surface area contributed by atoms with Gasteiger partial charge < -0.3 is 15.2 Å². The number of carbonyl (C=O) groups excluding carboxylic acids is 2. The Morgan fingerprint density at radius 1 is 0.946 bits per heavy atom. The fraction of sp³-hybridized carbons (Fsp3) is 0.115. The average molecular weight is 520 g/mol. The van der Waals surface area contributed by atoms with Crippen molar-refractivity contribution in [2.45, 2.75) is 10.8 Å². The molecular formula is C26H21N3O7S. The van der Waals surface area contributed by atoms with Crippen molar-refractivity contribution < 1.29 is 32.0 Å². The molecule has 10 nitrogen and oxygen atoms in total. The summed E-state index contributed by atoms with van der Waals surface area (Å²) in [7, 11) is -2.34. The van der Waals surface area contributed by atoms with E-state index in [0.717, 1.165) is 14.2 Å². The molecule has 11 heteroatoms. The third kappa shape index (κ3) is 4.29. The lowest BCUT2D eigenvalue weighted by molar-refractivity contribution is -0.139. The van der Waals surface area contributed by atoms with Crippen molar-refractivity contribution in [3.8, 4) is 6.07 Å². The van der Waals surface area contributed by atoms with Gasteiger partial charge >= 0.3 is 11.9 Å². The number of hydrogen-bond acceptors (Lipinski definition) is 9. The Morgan fingerprint density at radius 3 is 2.16 bits per heavy atom. The smallest absolute Gasteiger partial charge is 0.355 e. The minimum atomic E-state index is -4.61. The van der Waals surface area contributed by atoms with Gasteiger partial charge in [-0.15, -0.1) is 0 Å². The Kier molecular flexibility index (Phi) is 6.72. The monoisotopic (exact) mass is 519 g/mol. The van der Waals surface area contributed by atoms with Crippen LogP contribution in [0.2, 0.25) is 0 Å². The van der Waals surface area contributed by atoms with Crippen molar-refractivity contribution in [3.05, 3.63) is 95.0 Å². The summed E-state index contributed by atoms with van der Waals surface area (Å²) in [5.41, 5.74) is 6.67. The molecule has 37 heavy (non-hydrogen) atoms. The van der Waals surface area contributed by atoms with E-state index in [0.29, 0.717) is 5.56 Å². The maximum atomic E-state index is 13.2. The summed E-state index contributed by atoms with van der Waals surface area (Å²) < 4.78 is 43.8. The predicted octanol–water partition coefficient (Wildman–Crippen LogP) is 2.98. The summed E-state index contributed by atoms with van der Waals surface area (Å²) in [6.45, 7) is 0. The lowest BCUT2D eigenvalue weighted by Gasteiger charge is -2.36. The van der Waals surface area contributed by atoms with Crippen molar-refractivity contribution >= 4 is 38.5 Å². The molecule has 0 saturated heterocycles. The zero-order chi connectivity index (χ0) is 26.9. The molecular weight excluding hydrogens is 498 g/mol. The summed E-state index contributed by atoms with van der Waals surface area (Å²) in [5, 5.41) is 10.6. The van der Waals surface area contributed by atoms with Crippen LogP contribution in [0.3, 0.4) is 0 Å². The first-order valence-corrected chi connectivity index (χ1v) is 12.2. The van der Waals surface area contributed by atoms with Crippen LogP contribution in [0.1, 0.15) is 11.5 Å². The summed E-state index contributed by atoms with van der Waals surface area (Å²) >= 11 is 0. The van der Waals surface area contributed by atoms with Gasteiger partial charge in [0.2, 0.25) is 0 Å². The van der Waals surface area contributed by atoms with Crippen LogP contribution < -0.4 is 10.6 Å². The highest BCUT2D eigenvalue weighted by molar-refractivity contribution is 7.86. The zero-order valence-corrected chi connectivity index (χ0v) is 20.5. The molecule has 0 radical (unpaired) electrons. The van der Waals surface area contributed by atoms with Crippen LogP contribution in [0.4, 0.5) is 5.69 Å². The van der Waals surface area contributed by atoms with E-state index in [9.17, 15) is 27.8 Å². The maximum Gasteiger partial charge on any atom is 0.355 e. The lowest BCUT2D eigenvalue weighted by atomic mass is 9.80. The zero-order valence-electron chi connectivity index (χ0n) is 19.7. The van der Waals surface area contributed by atoms with Crippen LogP contribution in [-0.2, 0) is 29.2 Å². The summed E-state index contributed by atoms with van der Waals surface area (Å²) in [5.74, 6) is -3.05. The summed E-state index contributed by atoms with van der Waals surface area (Å²) in [4.78, 5) is 27.2. The van der Waals surface area contributed by atoms with Gasteiger partial charge in [-0.2, -0.15) is 13.7 Å². The molecule has 1 heterocycles. The quantitative estimate of drug-likeness (QED) is 0.379. The van der Waals surface area contributed by atoms with Crippen LogP contribution in [-0.4, -0.2) is 39.1 Å². The second-order valence-corrected chi connectivity index (χ2v) is 9.33. The number of anilines is 1. The second-order valence-electron chi connectivity index (χ2n) is 7.94. The number of esters is 2. The fourth-order valence-electron chi connectivity index (χ4n) is 4.45. The Labute approximate surface area is 212 Å². The molecule has 1 unspecified atom stereocenters. The molecule has 0 saturated carbocycles. The molecule has 3 aromatic carbocycles. The number of nitriles is 1. The molecule has 1 aliphatic heterocycles. The molecule has 188 valence electrons. The van der Waals surface area contributed by atoms with Crippen molar-refractivity contribution in [2.24, 2.45) is 5.73 Å². The number of nitrogens with zero attached hydrogens (tertiary/aromatic N) is 2. The molecule has 0 amide bonds. The van der Waals surface area contributed by atoms with Gasteiger partial charge in [-0.05, 0) is 17.7 Å². The number of hydrogen-bond donors (Lipinski definition) is 2. The number of carbonyl (C=O) groups is 2. The second kappa shape index (κ2) is 9.77. The van der Waals surface area contributed by atoms with Gasteiger partial charge in [0.1, 0.15) is 16.4 Å². The van der Waals surface area contributed by atoms with Crippen LogP contribution >= 0.6 is 0 Å². The maximum absolute atomic E-state index is 13.2. The molecule has 1 aliphatic rings. The minimum Gasteiger partial charge on any atom is -0.466 e. The van der Waals surface area contributed by atoms with Gasteiger partial charge in [0.15, 0.2) is 0 Å². The van der Waals surface area contributed by atoms with Gasteiger partial charge in [0.05, 0.1) is 43.0 Å². The average Bonchev–Trinajstić information content (AvgIpc) is 2.90. The van der Waals surface area contributed by atoms with Gasteiger partial charge in [0, 0.05) is 10.8 Å². The van der Waals surface area contributed by atoms with Crippen LogP contribution in [0.15, 0.2) is 94.3 Å². The Bertz CT molecular complexity index is 1640. The minimum absolute atomic E-state index is 0.0396. The Hall–Kier alpha value is -4.66. The number of benzene rings is 3. The van der Waals surface area contributed by atoms with E-state index in [4.69, 9.17) is 15.2 Å². The lowest BCUT2D eigenvalue weighted by Crippen LogP contribution is -2.40. The normalized spacial score (nSPS) is 15.9. The molecule has 0 fully saturated rings. The molecule has 0 bridgehead atoms. The van der Waals surface area contributed by atoms with E-state index in [-0.39, 0.29) is 44.0 Å². The first-order chi connectivity index (χ1) is 17.6. The highest BCUT2D eigenvalue weighted by atomic mass is 32.2. The van der Waals surface area contributed by atoms with E-state index in [2.05, 4.69) is 6.07 Å². The van der Waals surface area contributed by atoms with Crippen molar-refractivity contribution in [2.75, 3.05) is 19.1 Å². The highest BCUT2D eigenvalue weighted by Gasteiger charge is 2.43. The number of nitrogens with two attached hydrogens (primary N) is 1. The van der Waals surface area contributed by atoms with Crippen LogP contribution in [0.25, 0.3) is 10.8 Å². The molecule has 0 aromatic heterocycles. The SMILES string of the molecule is COC(=O)C1=C(C(=O)OC)N(c2cccc3c(S(=O)(=O)O)cccc23)C(N)=C(C#N)C1c1ccccc1. The van der Waals surface area contributed by atoms with Gasteiger partial charge in [0.25, 0.3) is 10.1 Å².